The first-order valence-electron chi connectivity index (χ1n) is 7.23. The molecule has 0 radical (unpaired) electrons. The van der Waals surface area contributed by atoms with Crippen LogP contribution < -0.4 is 5.32 Å². The van der Waals surface area contributed by atoms with Crippen molar-refractivity contribution in [2.24, 2.45) is 0 Å². The molecule has 5 heteroatoms. The van der Waals surface area contributed by atoms with Crippen molar-refractivity contribution in [2.45, 2.75) is 33.9 Å². The number of nitrogens with zero attached hydrogens (tertiary/aromatic N) is 3. The molecule has 21 heavy (non-hydrogen) atoms. The second kappa shape index (κ2) is 5.95. The summed E-state index contributed by atoms with van der Waals surface area (Å²) in [4.78, 5) is 9.18. The largest absolute Gasteiger partial charge is 0.324 e. The van der Waals surface area contributed by atoms with E-state index in [0.717, 1.165) is 35.9 Å². The molecule has 2 aromatic heterocycles. The Hall–Kier alpha value is -1.72. The summed E-state index contributed by atoms with van der Waals surface area (Å²) in [7, 11) is 0. The van der Waals surface area contributed by atoms with Crippen LogP contribution in [0.4, 0.5) is 0 Å². The average molecular weight is 300 g/mol. The van der Waals surface area contributed by atoms with E-state index >= 15 is 0 Å². The van der Waals surface area contributed by atoms with Crippen molar-refractivity contribution >= 4 is 22.4 Å². The maximum atomic E-state index is 4.68. The summed E-state index contributed by atoms with van der Waals surface area (Å²) in [6, 6.07) is 4.36. The minimum absolute atomic E-state index is 0.779. The van der Waals surface area contributed by atoms with Crippen LogP contribution in [0.3, 0.4) is 0 Å². The van der Waals surface area contributed by atoms with E-state index in [4.69, 9.17) is 0 Å². The fourth-order valence-electron chi connectivity index (χ4n) is 2.35. The first kappa shape index (κ1) is 14.2. The third-order valence-electron chi connectivity index (χ3n) is 3.69. The normalized spacial score (nSPS) is 11.4. The highest BCUT2D eigenvalue weighted by molar-refractivity contribution is 7.09. The molecule has 110 valence electrons. The Morgan fingerprint density at radius 1 is 1.24 bits per heavy atom. The lowest BCUT2D eigenvalue weighted by atomic mass is 10.1. The Balaban J connectivity index is 1.84. The van der Waals surface area contributed by atoms with Crippen molar-refractivity contribution in [1.29, 1.82) is 0 Å². The number of nitrogens with one attached hydrogen (secondary N) is 1. The van der Waals surface area contributed by atoms with E-state index < -0.39 is 0 Å². The molecule has 3 aromatic rings. The number of benzene rings is 1. The lowest BCUT2D eigenvalue weighted by Gasteiger charge is -2.04. The Labute approximate surface area is 128 Å². The van der Waals surface area contributed by atoms with Gasteiger partial charge in [-0.2, -0.15) is 0 Å². The van der Waals surface area contributed by atoms with Crippen molar-refractivity contribution in [3.05, 3.63) is 45.7 Å². The van der Waals surface area contributed by atoms with E-state index in [1.54, 1.807) is 11.3 Å². The molecular weight excluding hydrogens is 280 g/mol. The van der Waals surface area contributed by atoms with Crippen LogP contribution in [0, 0.1) is 13.8 Å². The second-order valence-electron chi connectivity index (χ2n) is 5.31. The van der Waals surface area contributed by atoms with Gasteiger partial charge in [-0.15, -0.1) is 11.3 Å². The quantitative estimate of drug-likeness (QED) is 0.786. The highest BCUT2D eigenvalue weighted by Gasteiger charge is 2.08. The van der Waals surface area contributed by atoms with Gasteiger partial charge in [0.15, 0.2) is 0 Å². The first-order valence-corrected chi connectivity index (χ1v) is 8.11. The fourth-order valence-corrected chi connectivity index (χ4v) is 3.10. The third-order valence-corrected chi connectivity index (χ3v) is 4.59. The van der Waals surface area contributed by atoms with Gasteiger partial charge < -0.3 is 9.88 Å². The summed E-state index contributed by atoms with van der Waals surface area (Å²) < 4.78 is 2.17. The number of aromatic nitrogens is 3. The van der Waals surface area contributed by atoms with Crippen LogP contribution in [-0.2, 0) is 13.1 Å². The molecule has 3 rings (SSSR count). The van der Waals surface area contributed by atoms with Crippen LogP contribution in [0.15, 0.2) is 23.8 Å². The topological polar surface area (TPSA) is 42.7 Å². The summed E-state index contributed by atoms with van der Waals surface area (Å²) in [5, 5.41) is 6.59. The monoisotopic (exact) mass is 300 g/mol. The van der Waals surface area contributed by atoms with E-state index in [2.05, 4.69) is 58.1 Å². The zero-order valence-corrected chi connectivity index (χ0v) is 13.5. The maximum Gasteiger partial charge on any atom is 0.107 e. The maximum absolute atomic E-state index is 4.68. The van der Waals surface area contributed by atoms with Gasteiger partial charge in [0.05, 0.1) is 29.6 Å². The van der Waals surface area contributed by atoms with Crippen molar-refractivity contribution in [3.8, 4) is 0 Å². The van der Waals surface area contributed by atoms with Crippen molar-refractivity contribution in [2.75, 3.05) is 6.54 Å². The molecule has 1 N–H and O–H groups in total. The zero-order chi connectivity index (χ0) is 14.8. The Morgan fingerprint density at radius 2 is 2.05 bits per heavy atom. The van der Waals surface area contributed by atoms with Crippen molar-refractivity contribution in [3.63, 3.8) is 0 Å². The Morgan fingerprint density at radius 3 is 2.86 bits per heavy atom. The number of aryl methyl sites for hydroxylation is 2. The van der Waals surface area contributed by atoms with Gasteiger partial charge in [-0.1, -0.05) is 6.92 Å². The van der Waals surface area contributed by atoms with Crippen molar-refractivity contribution < 1.29 is 0 Å². The van der Waals surface area contributed by atoms with E-state index in [1.807, 2.05) is 6.33 Å². The van der Waals surface area contributed by atoms with Crippen LogP contribution in [0.2, 0.25) is 0 Å². The predicted octanol–water partition coefficient (Wildman–Crippen LogP) is 3.27. The molecule has 0 amide bonds. The molecule has 0 aliphatic rings. The number of rotatable bonds is 5. The molecule has 0 aliphatic carbocycles. The standard InChI is InChI=1S/C16H20N4S/c1-4-17-7-16-19-13(9-21-16)8-20-10-18-14-5-11(2)12(3)6-15(14)20/h5-6,9-10,17H,4,7-8H2,1-3H3. The van der Waals surface area contributed by atoms with Gasteiger partial charge in [0, 0.05) is 11.9 Å². The van der Waals surface area contributed by atoms with Gasteiger partial charge in [0.1, 0.15) is 5.01 Å². The second-order valence-corrected chi connectivity index (χ2v) is 6.25. The lowest BCUT2D eigenvalue weighted by Crippen LogP contribution is -2.11. The first-order chi connectivity index (χ1) is 10.2. The Kier molecular flexibility index (Phi) is 4.03. The van der Waals surface area contributed by atoms with Crippen LogP contribution in [0.1, 0.15) is 28.8 Å². The van der Waals surface area contributed by atoms with E-state index in [9.17, 15) is 0 Å². The van der Waals surface area contributed by atoms with Gasteiger partial charge in [-0.05, 0) is 43.7 Å². The Bertz CT molecular complexity index is 757. The molecule has 0 atom stereocenters. The van der Waals surface area contributed by atoms with E-state index in [0.29, 0.717) is 0 Å². The molecule has 0 aliphatic heterocycles. The minimum atomic E-state index is 0.779. The van der Waals surface area contributed by atoms with Gasteiger partial charge in [0.2, 0.25) is 0 Å². The fraction of sp³-hybridized carbons (Fsp3) is 0.375. The van der Waals surface area contributed by atoms with E-state index in [-0.39, 0.29) is 0 Å². The number of hydrogen-bond acceptors (Lipinski definition) is 4. The molecule has 0 saturated heterocycles. The van der Waals surface area contributed by atoms with Crippen LogP contribution in [-0.4, -0.2) is 21.1 Å². The number of hydrogen-bond donors (Lipinski definition) is 1. The highest BCUT2D eigenvalue weighted by atomic mass is 32.1. The molecule has 0 spiro atoms. The highest BCUT2D eigenvalue weighted by Crippen LogP contribution is 2.20. The van der Waals surface area contributed by atoms with Gasteiger partial charge in [0.25, 0.3) is 0 Å². The molecule has 2 heterocycles. The molecule has 4 nitrogen and oxygen atoms in total. The summed E-state index contributed by atoms with van der Waals surface area (Å²) in [6.45, 7) is 8.98. The number of imidazole rings is 1. The molecule has 0 fully saturated rings. The summed E-state index contributed by atoms with van der Waals surface area (Å²) in [6.07, 6.45) is 1.91. The summed E-state index contributed by atoms with van der Waals surface area (Å²) in [5.74, 6) is 0. The molecular formula is C16H20N4S. The van der Waals surface area contributed by atoms with Crippen LogP contribution in [0.5, 0.6) is 0 Å². The van der Waals surface area contributed by atoms with E-state index in [1.165, 1.54) is 16.6 Å². The predicted molar refractivity (Wildman–Crippen MR) is 87.8 cm³/mol. The smallest absolute Gasteiger partial charge is 0.107 e. The van der Waals surface area contributed by atoms with Gasteiger partial charge >= 0.3 is 0 Å². The zero-order valence-electron chi connectivity index (χ0n) is 12.7. The molecule has 0 unspecified atom stereocenters. The van der Waals surface area contributed by atoms with Gasteiger partial charge in [-0.3, -0.25) is 0 Å². The SMILES string of the molecule is CCNCc1nc(Cn2cnc3cc(C)c(C)cc32)cs1. The lowest BCUT2D eigenvalue weighted by molar-refractivity contribution is 0.715. The van der Waals surface area contributed by atoms with Crippen molar-refractivity contribution in [1.82, 2.24) is 19.9 Å². The number of thiazole rings is 1. The molecule has 0 saturated carbocycles. The van der Waals surface area contributed by atoms with Crippen LogP contribution in [0.25, 0.3) is 11.0 Å². The molecule has 0 bridgehead atoms. The minimum Gasteiger partial charge on any atom is -0.324 e. The number of fused-ring (bicyclic) bond motifs is 1. The molecule has 1 aromatic carbocycles. The summed E-state index contributed by atoms with van der Waals surface area (Å²) >= 11 is 1.71. The third kappa shape index (κ3) is 2.99. The van der Waals surface area contributed by atoms with Crippen LogP contribution >= 0.6 is 11.3 Å². The average Bonchev–Trinajstić information content (AvgIpc) is 3.06. The van der Waals surface area contributed by atoms with Gasteiger partial charge in [-0.25, -0.2) is 9.97 Å². The summed E-state index contributed by atoms with van der Waals surface area (Å²) in [5.41, 5.74) is 5.93.